The van der Waals surface area contributed by atoms with E-state index in [4.69, 9.17) is 37.9 Å². The number of ether oxygens (including phenoxy) is 8. The summed E-state index contributed by atoms with van der Waals surface area (Å²) >= 11 is 0. The van der Waals surface area contributed by atoms with E-state index < -0.39 is 16.8 Å². The average molecular weight is 1610 g/mol. The smallest absolute Gasteiger partial charge is 0.311 e. The summed E-state index contributed by atoms with van der Waals surface area (Å²) < 4.78 is 43.8. The van der Waals surface area contributed by atoms with Crippen molar-refractivity contribution in [2.45, 2.75) is 350 Å². The van der Waals surface area contributed by atoms with Crippen LogP contribution in [0, 0.1) is 201 Å². The number of hydrogen-bond acceptors (Lipinski definition) is 16. The van der Waals surface area contributed by atoms with E-state index in [-0.39, 0.29) is 108 Å². The van der Waals surface area contributed by atoms with E-state index in [9.17, 15) is 38.7 Å². The van der Waals surface area contributed by atoms with E-state index in [0.29, 0.717) is 115 Å². The number of hydrogen-bond donors (Lipinski definition) is 1. The van der Waals surface area contributed by atoms with Crippen LogP contribution in [-0.4, -0.2) is 108 Å². The molecule has 0 aliphatic heterocycles. The van der Waals surface area contributed by atoms with Gasteiger partial charge >= 0.3 is 35.8 Å². The summed E-state index contributed by atoms with van der Waals surface area (Å²) in [5.41, 5.74) is -2.18. The van der Waals surface area contributed by atoms with Crippen LogP contribution < -0.4 is 0 Å². The first kappa shape index (κ1) is 95.2. The molecule has 1 N–H and O–H groups in total. The zero-order valence-electron chi connectivity index (χ0n) is 77.6. The number of ketones is 1. The number of esters is 6. The lowest BCUT2D eigenvalue weighted by atomic mass is 9.70. The van der Waals surface area contributed by atoms with Crippen molar-refractivity contribution in [1.82, 2.24) is 0 Å². The molecule has 32 atom stereocenters. The minimum atomic E-state index is -0.662. The molecule has 14 saturated carbocycles. The normalized spacial score (nSPS) is 41.4. The van der Waals surface area contributed by atoms with E-state index in [2.05, 4.69) is 118 Å². The maximum atomic E-state index is 12.8. The maximum absolute atomic E-state index is 12.8. The standard InChI is InChI=1S/C20H32O3.C20H34O2.C17H28O4.C15H26O4.C15H26O2.C12H22O/c1-11-6-7-17(18(21)8-11)20(4,5)23-19(22)16-10-14-9-15(16)13(3)12(14)2;1-12-6-8-16(9-7-12)20(4,5)22-19(21)18-11-15-10-17(18)14(3)13(15)2;1-10-11(2)13-8-12(10)9-14(13)16(19)20-7-6-15(18)21-17(3,4)5;1-4-17-5-6-18-9-19-15(16)14-8-12-7-13(14)11(3)10(12)2;1-6-15(4,5)17-14(16)13-8-11-7-12(13)10(3)9(11)2;1-7-8(2)10-5-9(7)6-11(10)12(3,4)13/h11-17H,6-10H2,1-5H3;12-18H,6-11H2,1-5H3;10-14H,6-9H2,1-5H3;10-14H,4-9H2,1-3H3;9-13H,6-8H2,1-5H3;7-11,13H,5-6H2,1-4H3. The van der Waals surface area contributed by atoms with Crippen molar-refractivity contribution < 1.29 is 76.6 Å². The van der Waals surface area contributed by atoms with Crippen molar-refractivity contribution in [1.29, 1.82) is 0 Å². The summed E-state index contributed by atoms with van der Waals surface area (Å²) in [6.07, 6.45) is 22.3. The molecule has 32 unspecified atom stereocenters. The summed E-state index contributed by atoms with van der Waals surface area (Å²) in [5, 5.41) is 10.0. The fourth-order valence-corrected chi connectivity index (χ4v) is 26.2. The van der Waals surface area contributed by atoms with E-state index in [1.165, 1.54) is 64.2 Å². The van der Waals surface area contributed by atoms with Crippen LogP contribution in [0.4, 0.5) is 0 Å². The molecule has 0 heterocycles. The Hall–Kier alpha value is -3.63. The predicted molar refractivity (Wildman–Crippen MR) is 453 cm³/mol. The SMILES string of the molecule is CC1C2CC(C(=O)OCCC(=O)OC(C)(C)C)C(C2)C1C.CC1C2CC(C1C)C(C(C)(C)O)C2.CC1CCC(C(C)(C)OC(=O)C2CC3CC2C(C)C3C)C(=O)C1.CC1CCC(C(C)(C)OC(=O)C2CC3CC2C(C)C3C)CC1.CCC(C)(C)OC(=O)C1CC2CC1C(C)C2C.CCOCCOCOC(=O)C1CC2CC1C(C)C2C. The largest absolute Gasteiger partial charge is 0.465 e. The Kier molecular flexibility index (Phi) is 32.5. The van der Waals surface area contributed by atoms with Crippen molar-refractivity contribution in [2.24, 2.45) is 201 Å². The predicted octanol–water partition coefficient (Wildman–Crippen LogP) is 21.3. The number of aliphatic hydroxyl groups is 1. The van der Waals surface area contributed by atoms with Gasteiger partial charge in [0.1, 0.15) is 34.8 Å². The Morgan fingerprint density at radius 1 is 0.365 bits per heavy atom. The summed E-state index contributed by atoms with van der Waals surface area (Å²) in [6, 6.07) is 0. The molecule has 16 heteroatoms. The van der Waals surface area contributed by atoms with Crippen molar-refractivity contribution in [3.05, 3.63) is 0 Å². The van der Waals surface area contributed by atoms with Crippen LogP contribution >= 0.6 is 0 Å². The van der Waals surface area contributed by atoms with Gasteiger partial charge in [0.25, 0.3) is 0 Å². The Labute approximate surface area is 698 Å². The monoisotopic (exact) mass is 1610 g/mol. The fourth-order valence-electron chi connectivity index (χ4n) is 26.2. The van der Waals surface area contributed by atoms with Crippen LogP contribution in [-0.2, 0) is 71.5 Å². The first-order valence-electron chi connectivity index (χ1n) is 47.2. The molecule has 14 aliphatic carbocycles. The minimum absolute atomic E-state index is 0.0415. The minimum Gasteiger partial charge on any atom is -0.465 e. The molecule has 0 aromatic carbocycles. The number of Topliss-reactive ketones (excluding diaryl/α,β-unsaturated/α-hetero) is 1. The number of fused-ring (bicyclic) bond motifs is 12. The zero-order chi connectivity index (χ0) is 85.2. The number of carbonyl (C=O) groups excluding carboxylic acids is 7. The van der Waals surface area contributed by atoms with Crippen LogP contribution in [0.5, 0.6) is 0 Å². The van der Waals surface area contributed by atoms with Gasteiger partial charge in [-0.3, -0.25) is 33.6 Å². The summed E-state index contributed by atoms with van der Waals surface area (Å²) in [4.78, 5) is 86.0. The molecule has 115 heavy (non-hydrogen) atoms. The average Bonchev–Trinajstić information content (AvgIpc) is 1.63. The lowest BCUT2D eigenvalue weighted by molar-refractivity contribution is -0.173. The lowest BCUT2D eigenvalue weighted by Gasteiger charge is -2.40. The molecule has 14 fully saturated rings. The molecule has 14 aliphatic rings. The third-order valence-electron chi connectivity index (χ3n) is 35.3. The molecule has 0 aromatic rings. The molecule has 12 bridgehead atoms. The Balaban J connectivity index is 0.000000159. The van der Waals surface area contributed by atoms with Crippen LogP contribution in [0.3, 0.4) is 0 Å². The van der Waals surface area contributed by atoms with Crippen molar-refractivity contribution in [2.75, 3.05) is 33.2 Å². The summed E-state index contributed by atoms with van der Waals surface area (Å²) in [7, 11) is 0. The molecule has 660 valence electrons. The molecule has 0 spiro atoms. The molecule has 0 saturated heterocycles. The van der Waals surface area contributed by atoms with Gasteiger partial charge in [0.05, 0.1) is 60.7 Å². The highest BCUT2D eigenvalue weighted by Gasteiger charge is 2.58. The van der Waals surface area contributed by atoms with Gasteiger partial charge in [0.2, 0.25) is 0 Å². The molecule has 0 aromatic heterocycles. The van der Waals surface area contributed by atoms with Crippen molar-refractivity contribution >= 4 is 41.6 Å². The van der Waals surface area contributed by atoms with Gasteiger partial charge in [-0.05, 0) is 358 Å². The van der Waals surface area contributed by atoms with Crippen molar-refractivity contribution in [3.63, 3.8) is 0 Å². The fraction of sp³-hybridized carbons (Fsp3) is 0.929. The van der Waals surface area contributed by atoms with Crippen LogP contribution in [0.25, 0.3) is 0 Å². The van der Waals surface area contributed by atoms with Crippen LogP contribution in [0.1, 0.15) is 322 Å². The quantitative estimate of drug-likeness (QED) is 0.0490. The second-order valence-electron chi connectivity index (χ2n) is 44.6. The third kappa shape index (κ3) is 22.8. The van der Waals surface area contributed by atoms with E-state index in [1.54, 1.807) is 0 Å². The van der Waals surface area contributed by atoms with Gasteiger partial charge in [0, 0.05) is 13.0 Å². The van der Waals surface area contributed by atoms with Crippen molar-refractivity contribution in [3.8, 4) is 0 Å². The highest BCUT2D eigenvalue weighted by molar-refractivity contribution is 5.84. The Morgan fingerprint density at radius 2 is 0.713 bits per heavy atom. The second-order valence-corrected chi connectivity index (χ2v) is 44.6. The Bertz CT molecular complexity index is 3190. The van der Waals surface area contributed by atoms with E-state index >= 15 is 0 Å². The number of carbonyl (C=O) groups is 7. The zero-order valence-corrected chi connectivity index (χ0v) is 77.6. The lowest BCUT2D eigenvalue weighted by Crippen LogP contribution is -2.45. The molecular weight excluding hydrogens is 1450 g/mol. The van der Waals surface area contributed by atoms with Gasteiger partial charge in [0.15, 0.2) is 6.79 Å². The Morgan fingerprint density at radius 3 is 1.06 bits per heavy atom. The summed E-state index contributed by atoms with van der Waals surface area (Å²) in [5.74, 6) is 19.4. The van der Waals surface area contributed by atoms with Crippen LogP contribution in [0.2, 0.25) is 0 Å². The van der Waals surface area contributed by atoms with Gasteiger partial charge in [-0.15, -0.1) is 0 Å². The summed E-state index contributed by atoms with van der Waals surface area (Å²) in [6.45, 7) is 59.8. The first-order chi connectivity index (χ1) is 53.6. The topological polar surface area (TPSA) is 214 Å². The van der Waals surface area contributed by atoms with Gasteiger partial charge in [-0.25, -0.2) is 0 Å². The molecule has 14 rings (SSSR count). The van der Waals surface area contributed by atoms with E-state index in [0.717, 1.165) is 135 Å². The van der Waals surface area contributed by atoms with Gasteiger partial charge in [-0.1, -0.05) is 117 Å². The van der Waals surface area contributed by atoms with E-state index in [1.807, 2.05) is 69.2 Å². The molecule has 0 amide bonds. The van der Waals surface area contributed by atoms with Gasteiger partial charge < -0.3 is 43.0 Å². The highest BCUT2D eigenvalue weighted by Crippen LogP contribution is 2.61. The highest BCUT2D eigenvalue weighted by atomic mass is 16.7. The van der Waals surface area contributed by atoms with Crippen LogP contribution in [0.15, 0.2) is 0 Å². The maximum Gasteiger partial charge on any atom is 0.311 e. The first-order valence-corrected chi connectivity index (χ1v) is 47.2. The van der Waals surface area contributed by atoms with Gasteiger partial charge in [-0.2, -0.15) is 0 Å². The molecule has 0 radical (unpaired) electrons. The second kappa shape index (κ2) is 39.3. The third-order valence-corrected chi connectivity index (χ3v) is 35.3. The molecular formula is C99H168O16. The number of rotatable bonds is 21. The molecule has 16 nitrogen and oxygen atoms in total.